The van der Waals surface area contributed by atoms with E-state index in [9.17, 15) is 4.39 Å². The Labute approximate surface area is 126 Å². The predicted molar refractivity (Wildman–Crippen MR) is 82.6 cm³/mol. The highest BCUT2D eigenvalue weighted by molar-refractivity contribution is 6.30. The first-order chi connectivity index (χ1) is 9.65. The van der Waals surface area contributed by atoms with Crippen LogP contribution < -0.4 is 5.32 Å². The molecule has 1 fully saturated rings. The molecule has 0 aliphatic carbocycles. The van der Waals surface area contributed by atoms with Gasteiger partial charge in [0, 0.05) is 17.6 Å². The van der Waals surface area contributed by atoms with Gasteiger partial charge in [0.15, 0.2) is 0 Å². The average molecular weight is 299 g/mol. The molecule has 0 bridgehead atoms. The maximum absolute atomic E-state index is 13.2. The summed E-state index contributed by atoms with van der Waals surface area (Å²) in [6.07, 6.45) is 5.17. The van der Waals surface area contributed by atoms with Crippen LogP contribution in [-0.4, -0.2) is 30.6 Å². The van der Waals surface area contributed by atoms with Gasteiger partial charge in [-0.3, -0.25) is 0 Å². The SMILES string of the molecule is CC1CCCCN1CCCNCc1cc(F)cc(Cl)c1. The Morgan fingerprint density at radius 3 is 2.95 bits per heavy atom. The molecule has 1 unspecified atom stereocenters. The number of piperidine rings is 1. The summed E-state index contributed by atoms with van der Waals surface area (Å²) >= 11 is 5.83. The van der Waals surface area contributed by atoms with E-state index in [1.165, 1.54) is 37.9 Å². The Morgan fingerprint density at radius 1 is 1.35 bits per heavy atom. The van der Waals surface area contributed by atoms with Gasteiger partial charge in [-0.15, -0.1) is 0 Å². The van der Waals surface area contributed by atoms with Gasteiger partial charge < -0.3 is 10.2 Å². The minimum atomic E-state index is -0.267. The lowest BCUT2D eigenvalue weighted by atomic mass is 10.0. The molecule has 1 aliphatic rings. The van der Waals surface area contributed by atoms with Crippen molar-refractivity contribution >= 4 is 11.6 Å². The number of nitrogens with one attached hydrogen (secondary N) is 1. The van der Waals surface area contributed by atoms with Crippen molar-refractivity contribution in [1.29, 1.82) is 0 Å². The van der Waals surface area contributed by atoms with Crippen LogP contribution in [0.25, 0.3) is 0 Å². The average Bonchev–Trinajstić information content (AvgIpc) is 2.39. The summed E-state index contributed by atoms with van der Waals surface area (Å²) in [7, 11) is 0. The lowest BCUT2D eigenvalue weighted by molar-refractivity contribution is 0.159. The molecule has 1 aromatic carbocycles. The third-order valence-electron chi connectivity index (χ3n) is 3.99. The second kappa shape index (κ2) is 7.96. The minimum Gasteiger partial charge on any atom is -0.313 e. The number of nitrogens with zero attached hydrogens (tertiary/aromatic N) is 1. The van der Waals surface area contributed by atoms with Gasteiger partial charge in [0.05, 0.1) is 0 Å². The maximum Gasteiger partial charge on any atom is 0.125 e. The standard InChI is InChI=1S/C16H24ClFN2/c1-13-5-2-3-7-20(13)8-4-6-19-12-14-9-15(17)11-16(18)10-14/h9-11,13,19H,2-8,12H2,1H3. The molecule has 1 heterocycles. The van der Waals surface area contributed by atoms with Crippen molar-refractivity contribution in [3.8, 4) is 0 Å². The van der Waals surface area contributed by atoms with Crippen LogP contribution in [0.4, 0.5) is 4.39 Å². The summed E-state index contributed by atoms with van der Waals surface area (Å²) in [5, 5.41) is 3.82. The number of hydrogen-bond donors (Lipinski definition) is 1. The van der Waals surface area contributed by atoms with E-state index < -0.39 is 0 Å². The van der Waals surface area contributed by atoms with Gasteiger partial charge in [-0.1, -0.05) is 18.0 Å². The molecule has 1 aromatic rings. The topological polar surface area (TPSA) is 15.3 Å². The van der Waals surface area contributed by atoms with E-state index in [0.29, 0.717) is 11.6 Å². The summed E-state index contributed by atoms with van der Waals surface area (Å²) in [5.41, 5.74) is 0.904. The number of hydrogen-bond acceptors (Lipinski definition) is 2. The zero-order valence-corrected chi connectivity index (χ0v) is 12.9. The van der Waals surface area contributed by atoms with Crippen molar-refractivity contribution in [3.05, 3.63) is 34.6 Å². The van der Waals surface area contributed by atoms with Crippen LogP contribution in [0, 0.1) is 5.82 Å². The van der Waals surface area contributed by atoms with E-state index in [0.717, 1.165) is 31.1 Å². The molecule has 4 heteroatoms. The van der Waals surface area contributed by atoms with Gasteiger partial charge >= 0.3 is 0 Å². The Balaban J connectivity index is 1.63. The molecule has 0 saturated carbocycles. The molecule has 0 radical (unpaired) electrons. The van der Waals surface area contributed by atoms with E-state index >= 15 is 0 Å². The molecular formula is C16H24ClFN2. The highest BCUT2D eigenvalue weighted by Gasteiger charge is 2.16. The molecule has 0 amide bonds. The lowest BCUT2D eigenvalue weighted by Gasteiger charge is -2.33. The van der Waals surface area contributed by atoms with Crippen LogP contribution in [0.3, 0.4) is 0 Å². The normalized spacial score (nSPS) is 20.2. The molecule has 2 rings (SSSR count). The Morgan fingerprint density at radius 2 is 2.20 bits per heavy atom. The van der Waals surface area contributed by atoms with E-state index in [-0.39, 0.29) is 5.82 Å². The van der Waals surface area contributed by atoms with Crippen molar-refractivity contribution in [2.45, 2.75) is 45.2 Å². The molecule has 20 heavy (non-hydrogen) atoms. The van der Waals surface area contributed by atoms with Gasteiger partial charge in [-0.25, -0.2) is 4.39 Å². The number of halogens is 2. The van der Waals surface area contributed by atoms with Gasteiger partial charge in [-0.05, 0) is 69.6 Å². The summed E-state index contributed by atoms with van der Waals surface area (Å²) < 4.78 is 13.2. The van der Waals surface area contributed by atoms with Gasteiger partial charge in [0.25, 0.3) is 0 Å². The van der Waals surface area contributed by atoms with Crippen molar-refractivity contribution in [1.82, 2.24) is 10.2 Å². The van der Waals surface area contributed by atoms with E-state index in [1.54, 1.807) is 0 Å². The molecule has 112 valence electrons. The van der Waals surface area contributed by atoms with Crippen molar-refractivity contribution in [2.24, 2.45) is 0 Å². The summed E-state index contributed by atoms with van der Waals surface area (Å²) in [5.74, 6) is -0.267. The first kappa shape index (κ1) is 15.7. The van der Waals surface area contributed by atoms with Crippen LogP contribution >= 0.6 is 11.6 Å². The second-order valence-electron chi connectivity index (χ2n) is 5.69. The smallest absolute Gasteiger partial charge is 0.125 e. The van der Waals surface area contributed by atoms with Crippen LogP contribution in [0.2, 0.25) is 5.02 Å². The third kappa shape index (κ3) is 5.04. The van der Waals surface area contributed by atoms with Crippen molar-refractivity contribution in [2.75, 3.05) is 19.6 Å². The highest BCUT2D eigenvalue weighted by Crippen LogP contribution is 2.16. The highest BCUT2D eigenvalue weighted by atomic mass is 35.5. The fourth-order valence-electron chi connectivity index (χ4n) is 2.84. The number of benzene rings is 1. The minimum absolute atomic E-state index is 0.267. The zero-order valence-electron chi connectivity index (χ0n) is 12.2. The number of rotatable bonds is 6. The Kier molecular flexibility index (Phi) is 6.27. The van der Waals surface area contributed by atoms with E-state index in [2.05, 4.69) is 17.1 Å². The summed E-state index contributed by atoms with van der Waals surface area (Å²) in [6, 6.07) is 5.41. The van der Waals surface area contributed by atoms with Gasteiger partial charge in [0.1, 0.15) is 5.82 Å². The fourth-order valence-corrected chi connectivity index (χ4v) is 3.09. The predicted octanol–water partition coefficient (Wildman–Crippen LogP) is 3.83. The number of likely N-dealkylation sites (tertiary alicyclic amines) is 1. The summed E-state index contributed by atoms with van der Waals surface area (Å²) in [6.45, 7) is 6.34. The van der Waals surface area contributed by atoms with E-state index in [4.69, 9.17) is 11.6 Å². The summed E-state index contributed by atoms with van der Waals surface area (Å²) in [4.78, 5) is 2.57. The first-order valence-electron chi connectivity index (χ1n) is 7.55. The third-order valence-corrected chi connectivity index (χ3v) is 4.21. The molecular weight excluding hydrogens is 275 g/mol. The first-order valence-corrected chi connectivity index (χ1v) is 7.92. The molecule has 1 saturated heterocycles. The molecule has 0 aromatic heterocycles. The molecule has 1 aliphatic heterocycles. The second-order valence-corrected chi connectivity index (χ2v) is 6.13. The monoisotopic (exact) mass is 298 g/mol. The fraction of sp³-hybridized carbons (Fsp3) is 0.625. The Hall–Kier alpha value is -0.640. The largest absolute Gasteiger partial charge is 0.313 e. The molecule has 1 N–H and O–H groups in total. The molecule has 2 nitrogen and oxygen atoms in total. The lowest BCUT2D eigenvalue weighted by Crippen LogP contribution is -2.38. The van der Waals surface area contributed by atoms with Gasteiger partial charge in [-0.2, -0.15) is 0 Å². The Bertz CT molecular complexity index is 405. The maximum atomic E-state index is 13.2. The van der Waals surface area contributed by atoms with Gasteiger partial charge in [0.2, 0.25) is 0 Å². The quantitative estimate of drug-likeness (QED) is 0.803. The van der Waals surface area contributed by atoms with Crippen molar-refractivity contribution < 1.29 is 4.39 Å². The van der Waals surface area contributed by atoms with E-state index in [1.807, 2.05) is 6.07 Å². The van der Waals surface area contributed by atoms with Crippen LogP contribution in [0.5, 0.6) is 0 Å². The molecule has 0 spiro atoms. The van der Waals surface area contributed by atoms with Crippen LogP contribution in [-0.2, 0) is 6.54 Å². The zero-order chi connectivity index (χ0) is 14.4. The van der Waals surface area contributed by atoms with Crippen LogP contribution in [0.15, 0.2) is 18.2 Å². The molecule has 1 atom stereocenters. The van der Waals surface area contributed by atoms with Crippen molar-refractivity contribution in [3.63, 3.8) is 0 Å². The van der Waals surface area contributed by atoms with Crippen LogP contribution in [0.1, 0.15) is 38.2 Å².